The molecule has 1 atom stereocenters. The first-order valence-electron chi connectivity index (χ1n) is 9.51. The summed E-state index contributed by atoms with van der Waals surface area (Å²) in [5.41, 5.74) is 2.00. The second-order valence-corrected chi connectivity index (χ2v) is 8.03. The molecule has 0 spiro atoms. The molecule has 1 aromatic carbocycles. The van der Waals surface area contributed by atoms with Gasteiger partial charge in [0.25, 0.3) is 0 Å². The number of rotatable bonds is 7. The lowest BCUT2D eigenvalue weighted by Gasteiger charge is -2.25. The number of methoxy groups -OCH3 is 2. The first kappa shape index (κ1) is 19.5. The summed E-state index contributed by atoms with van der Waals surface area (Å²) in [5.74, 6) is 2.35. The molecular weight excluding hydrogens is 388 g/mol. The molecule has 29 heavy (non-hydrogen) atoms. The smallest absolute Gasteiger partial charge is 0.211 e. The van der Waals surface area contributed by atoms with Gasteiger partial charge in [0.2, 0.25) is 5.13 Å². The number of aromatic nitrogens is 4. The Bertz CT molecular complexity index is 957. The number of hydrogen-bond donors (Lipinski definition) is 1. The van der Waals surface area contributed by atoms with Gasteiger partial charge in [-0.25, -0.2) is 4.98 Å². The lowest BCUT2D eigenvalue weighted by Crippen LogP contribution is -2.24. The number of anilines is 2. The van der Waals surface area contributed by atoms with Crippen LogP contribution in [0, 0.1) is 6.92 Å². The molecule has 3 heterocycles. The first-order chi connectivity index (χ1) is 14.2. The van der Waals surface area contributed by atoms with Crippen LogP contribution in [0.1, 0.15) is 35.1 Å². The van der Waals surface area contributed by atoms with Crippen molar-refractivity contribution in [1.29, 1.82) is 0 Å². The zero-order valence-corrected chi connectivity index (χ0v) is 17.6. The Labute approximate surface area is 173 Å². The minimum atomic E-state index is 0.190. The van der Waals surface area contributed by atoms with E-state index in [0.29, 0.717) is 5.82 Å². The van der Waals surface area contributed by atoms with E-state index in [4.69, 9.17) is 14.5 Å². The van der Waals surface area contributed by atoms with Crippen molar-refractivity contribution in [1.82, 2.24) is 25.1 Å². The third-order valence-electron chi connectivity index (χ3n) is 5.01. The molecule has 2 aromatic heterocycles. The summed E-state index contributed by atoms with van der Waals surface area (Å²) in [5, 5.41) is 13.0. The van der Waals surface area contributed by atoms with Crippen LogP contribution in [0.15, 0.2) is 30.6 Å². The van der Waals surface area contributed by atoms with Crippen LogP contribution in [-0.4, -0.2) is 45.8 Å². The highest BCUT2D eigenvalue weighted by Gasteiger charge is 2.29. The molecule has 0 amide bonds. The second-order valence-electron chi connectivity index (χ2n) is 6.85. The molecule has 9 heteroatoms. The number of nitrogens with zero attached hydrogens (tertiary/aromatic N) is 5. The highest BCUT2D eigenvalue weighted by Crippen LogP contribution is 2.37. The maximum Gasteiger partial charge on any atom is 0.211 e. The molecule has 0 unspecified atom stereocenters. The molecular formula is C20H24N6O2S. The Kier molecular flexibility index (Phi) is 5.86. The predicted molar refractivity (Wildman–Crippen MR) is 112 cm³/mol. The number of benzene rings is 1. The number of likely N-dealkylation sites (tertiary alicyclic amines) is 1. The summed E-state index contributed by atoms with van der Waals surface area (Å²) in [4.78, 5) is 11.6. The molecule has 8 nitrogen and oxygen atoms in total. The second kappa shape index (κ2) is 8.71. The van der Waals surface area contributed by atoms with Gasteiger partial charge in [-0.15, -0.1) is 10.2 Å². The van der Waals surface area contributed by atoms with Gasteiger partial charge in [-0.1, -0.05) is 17.4 Å². The van der Waals surface area contributed by atoms with Gasteiger partial charge < -0.3 is 14.8 Å². The van der Waals surface area contributed by atoms with Gasteiger partial charge in [-0.05, 0) is 38.4 Å². The predicted octanol–water partition coefficient (Wildman–Crippen LogP) is 3.73. The van der Waals surface area contributed by atoms with Crippen LogP contribution in [0.25, 0.3) is 0 Å². The molecule has 1 saturated heterocycles. The van der Waals surface area contributed by atoms with Crippen molar-refractivity contribution >= 4 is 22.3 Å². The molecule has 0 bridgehead atoms. The standard InChI is InChI=1S/C20H24N6O2S/c1-13-24-25-20(29-13)23-19-11-21-10-15(22-19)16-6-5-9-26(16)12-14-17(27-2)7-4-8-18(14)28-3/h4,7-8,10-11,16H,5-6,9,12H2,1-3H3,(H,22,23,25)/t16-/m1/s1. The minimum absolute atomic E-state index is 0.190. The Morgan fingerprint density at radius 1 is 1.17 bits per heavy atom. The summed E-state index contributed by atoms with van der Waals surface area (Å²) in [6.07, 6.45) is 5.70. The maximum absolute atomic E-state index is 5.57. The van der Waals surface area contributed by atoms with Gasteiger partial charge in [0.05, 0.1) is 43.9 Å². The van der Waals surface area contributed by atoms with Gasteiger partial charge in [0, 0.05) is 6.54 Å². The van der Waals surface area contributed by atoms with Gasteiger partial charge in [0.1, 0.15) is 16.5 Å². The monoisotopic (exact) mass is 412 g/mol. The van der Waals surface area contributed by atoms with E-state index in [1.807, 2.05) is 31.3 Å². The average molecular weight is 413 g/mol. The van der Waals surface area contributed by atoms with Crippen LogP contribution in [0.3, 0.4) is 0 Å². The quantitative estimate of drug-likeness (QED) is 0.628. The molecule has 0 aliphatic carbocycles. The van der Waals surface area contributed by atoms with E-state index in [-0.39, 0.29) is 6.04 Å². The lowest BCUT2D eigenvalue weighted by atomic mass is 10.1. The van der Waals surface area contributed by atoms with Gasteiger partial charge >= 0.3 is 0 Å². The highest BCUT2D eigenvalue weighted by molar-refractivity contribution is 7.15. The van der Waals surface area contributed by atoms with E-state index in [9.17, 15) is 0 Å². The normalized spacial score (nSPS) is 16.7. The van der Waals surface area contributed by atoms with Crippen LogP contribution >= 0.6 is 11.3 Å². The molecule has 1 aliphatic rings. The van der Waals surface area contributed by atoms with Gasteiger partial charge in [0.15, 0.2) is 5.82 Å². The van der Waals surface area contributed by atoms with Crippen molar-refractivity contribution in [2.45, 2.75) is 32.4 Å². The maximum atomic E-state index is 5.57. The Morgan fingerprint density at radius 2 is 1.97 bits per heavy atom. The van der Waals surface area contributed by atoms with Crippen LogP contribution < -0.4 is 14.8 Å². The van der Waals surface area contributed by atoms with Crippen LogP contribution in [-0.2, 0) is 6.54 Å². The SMILES string of the molecule is COc1cccc(OC)c1CN1CCC[C@@H]1c1cncc(Nc2nnc(C)s2)n1. The minimum Gasteiger partial charge on any atom is -0.496 e. The highest BCUT2D eigenvalue weighted by atomic mass is 32.1. The summed E-state index contributed by atoms with van der Waals surface area (Å²) in [6, 6.07) is 6.07. The first-order valence-corrected chi connectivity index (χ1v) is 10.3. The average Bonchev–Trinajstić information content (AvgIpc) is 3.37. The van der Waals surface area contributed by atoms with Crippen molar-refractivity contribution in [2.75, 3.05) is 26.1 Å². The third-order valence-corrected chi connectivity index (χ3v) is 5.76. The summed E-state index contributed by atoms with van der Waals surface area (Å²) >= 11 is 1.49. The summed E-state index contributed by atoms with van der Waals surface area (Å²) < 4.78 is 11.1. The Hall–Kier alpha value is -2.78. The number of aryl methyl sites for hydroxylation is 1. The number of nitrogens with one attached hydrogen (secondary N) is 1. The van der Waals surface area contributed by atoms with Crippen molar-refractivity contribution in [2.24, 2.45) is 0 Å². The van der Waals surface area contributed by atoms with Gasteiger partial charge in [-0.2, -0.15) is 0 Å². The van der Waals surface area contributed by atoms with Crippen LogP contribution in [0.2, 0.25) is 0 Å². The van der Waals surface area contributed by atoms with E-state index in [0.717, 1.165) is 58.8 Å². The fourth-order valence-electron chi connectivity index (χ4n) is 3.70. The third kappa shape index (κ3) is 4.30. The number of ether oxygens (including phenoxy) is 2. The van der Waals surface area contributed by atoms with E-state index in [1.165, 1.54) is 11.3 Å². The zero-order valence-electron chi connectivity index (χ0n) is 16.8. The largest absolute Gasteiger partial charge is 0.496 e. The molecule has 1 N–H and O–H groups in total. The van der Waals surface area contributed by atoms with E-state index in [2.05, 4.69) is 25.4 Å². The molecule has 1 fully saturated rings. The van der Waals surface area contributed by atoms with E-state index < -0.39 is 0 Å². The molecule has 152 valence electrons. The lowest BCUT2D eigenvalue weighted by molar-refractivity contribution is 0.236. The van der Waals surface area contributed by atoms with Crippen molar-refractivity contribution in [3.05, 3.63) is 46.9 Å². The molecule has 4 rings (SSSR count). The topological polar surface area (TPSA) is 85.3 Å². The summed E-state index contributed by atoms with van der Waals surface area (Å²) in [7, 11) is 3.38. The Balaban J connectivity index is 1.55. The van der Waals surface area contributed by atoms with Crippen LogP contribution in [0.5, 0.6) is 11.5 Å². The summed E-state index contributed by atoms with van der Waals surface area (Å²) in [6.45, 7) is 3.64. The van der Waals surface area contributed by atoms with E-state index in [1.54, 1.807) is 20.4 Å². The van der Waals surface area contributed by atoms with Crippen molar-refractivity contribution in [3.8, 4) is 11.5 Å². The van der Waals surface area contributed by atoms with Crippen molar-refractivity contribution in [3.63, 3.8) is 0 Å². The van der Waals surface area contributed by atoms with Gasteiger partial charge in [-0.3, -0.25) is 9.88 Å². The van der Waals surface area contributed by atoms with E-state index >= 15 is 0 Å². The molecule has 3 aromatic rings. The fraction of sp³-hybridized carbons (Fsp3) is 0.400. The molecule has 0 radical (unpaired) electrons. The zero-order chi connectivity index (χ0) is 20.2. The number of hydrogen-bond acceptors (Lipinski definition) is 9. The van der Waals surface area contributed by atoms with Crippen LogP contribution in [0.4, 0.5) is 10.9 Å². The Morgan fingerprint density at radius 3 is 2.66 bits per heavy atom. The fourth-order valence-corrected chi connectivity index (χ4v) is 4.29. The molecule has 1 aliphatic heterocycles. The van der Waals surface area contributed by atoms with Crippen molar-refractivity contribution < 1.29 is 9.47 Å². The molecule has 0 saturated carbocycles.